The van der Waals surface area contributed by atoms with Crippen LogP contribution in [-0.2, 0) is 11.8 Å². The molecule has 0 radical (unpaired) electrons. The fourth-order valence-corrected chi connectivity index (χ4v) is 4.44. The van der Waals surface area contributed by atoms with Gasteiger partial charge >= 0.3 is 0 Å². The summed E-state index contributed by atoms with van der Waals surface area (Å²) in [5.41, 5.74) is 1.35. The summed E-state index contributed by atoms with van der Waals surface area (Å²) in [6, 6.07) is 3.34. The molecule has 5 heteroatoms. The number of ether oxygens (including phenoxy) is 1. The number of piperidine rings is 1. The third kappa shape index (κ3) is 3.95. The molecular formula is C18H32N4O. The van der Waals surface area contributed by atoms with Gasteiger partial charge < -0.3 is 10.1 Å². The summed E-state index contributed by atoms with van der Waals surface area (Å²) in [6.07, 6.45) is 9.90. The van der Waals surface area contributed by atoms with Crippen molar-refractivity contribution < 1.29 is 4.74 Å². The first-order valence-corrected chi connectivity index (χ1v) is 9.13. The largest absolute Gasteiger partial charge is 0.381 e. The molecule has 1 aliphatic carbocycles. The zero-order valence-corrected chi connectivity index (χ0v) is 14.9. The molecular weight excluding hydrogens is 288 g/mol. The molecule has 2 aliphatic rings. The summed E-state index contributed by atoms with van der Waals surface area (Å²) in [5, 5.41) is 8.24. The van der Waals surface area contributed by atoms with Gasteiger partial charge in [0.05, 0.1) is 17.8 Å². The van der Waals surface area contributed by atoms with Crippen LogP contribution >= 0.6 is 0 Å². The average Bonchev–Trinajstić information content (AvgIpc) is 2.99. The van der Waals surface area contributed by atoms with Crippen LogP contribution in [0.25, 0.3) is 0 Å². The first-order chi connectivity index (χ1) is 11.2. The van der Waals surface area contributed by atoms with Crippen molar-refractivity contribution in [3.8, 4) is 0 Å². The van der Waals surface area contributed by atoms with Crippen LogP contribution in [0.3, 0.4) is 0 Å². The maximum absolute atomic E-state index is 5.48. The minimum Gasteiger partial charge on any atom is -0.381 e. The van der Waals surface area contributed by atoms with E-state index in [1.165, 1.54) is 50.8 Å². The average molecular weight is 320 g/mol. The highest BCUT2D eigenvalue weighted by Crippen LogP contribution is 2.34. The number of likely N-dealkylation sites (tertiary alicyclic amines) is 1. The molecule has 0 spiro atoms. The highest BCUT2D eigenvalue weighted by atomic mass is 16.5. The van der Waals surface area contributed by atoms with Crippen molar-refractivity contribution in [1.29, 1.82) is 0 Å². The normalized spacial score (nSPS) is 33.0. The number of aromatic nitrogens is 2. The van der Waals surface area contributed by atoms with E-state index in [-0.39, 0.29) is 0 Å². The Balaban J connectivity index is 1.58. The van der Waals surface area contributed by atoms with Crippen LogP contribution in [0.1, 0.15) is 50.3 Å². The Hall–Kier alpha value is -0.910. The van der Waals surface area contributed by atoms with Gasteiger partial charge in [-0.3, -0.25) is 9.58 Å². The van der Waals surface area contributed by atoms with E-state index < -0.39 is 0 Å². The molecule has 1 N–H and O–H groups in total. The predicted octanol–water partition coefficient (Wildman–Crippen LogP) is 2.35. The molecule has 1 aromatic heterocycles. The van der Waals surface area contributed by atoms with Crippen LogP contribution in [-0.4, -0.2) is 54.1 Å². The Morgan fingerprint density at radius 1 is 1.22 bits per heavy atom. The molecule has 5 nitrogen and oxygen atoms in total. The number of rotatable bonds is 5. The topological polar surface area (TPSA) is 42.3 Å². The van der Waals surface area contributed by atoms with Gasteiger partial charge in [-0.1, -0.05) is 0 Å². The van der Waals surface area contributed by atoms with Gasteiger partial charge in [0.25, 0.3) is 0 Å². The van der Waals surface area contributed by atoms with Crippen LogP contribution in [0, 0.1) is 5.92 Å². The fraction of sp³-hybridized carbons (Fsp3) is 0.833. The van der Waals surface area contributed by atoms with E-state index in [4.69, 9.17) is 4.74 Å². The lowest BCUT2D eigenvalue weighted by Crippen LogP contribution is -2.44. The second-order valence-corrected chi connectivity index (χ2v) is 7.33. The molecule has 3 rings (SSSR count). The molecule has 2 heterocycles. The molecule has 0 bridgehead atoms. The molecule has 0 amide bonds. The standard InChI is InChI=1S/C18H32N4O/c1-21-12-4-5-14(18(21)17-10-11-20-22(17)2)13-19-15-6-8-16(23-3)9-7-15/h10-11,14-16,18-19H,4-9,12-13H2,1-3H3/t14-,15?,16?,18+/m0/s1. The number of nitrogens with zero attached hydrogens (tertiary/aromatic N) is 3. The molecule has 1 aromatic rings. The fourth-order valence-electron chi connectivity index (χ4n) is 4.44. The molecule has 23 heavy (non-hydrogen) atoms. The zero-order chi connectivity index (χ0) is 16.2. The second-order valence-electron chi connectivity index (χ2n) is 7.33. The summed E-state index contributed by atoms with van der Waals surface area (Å²) in [6.45, 7) is 2.30. The van der Waals surface area contributed by atoms with Gasteiger partial charge in [-0.15, -0.1) is 0 Å². The minimum atomic E-state index is 0.482. The maximum Gasteiger partial charge on any atom is 0.0572 e. The zero-order valence-electron chi connectivity index (χ0n) is 14.9. The van der Waals surface area contributed by atoms with Crippen LogP contribution in [0.4, 0.5) is 0 Å². The summed E-state index contributed by atoms with van der Waals surface area (Å²) in [4.78, 5) is 2.51. The Kier molecular flexibility index (Phi) is 5.72. The van der Waals surface area contributed by atoms with E-state index in [9.17, 15) is 0 Å². The molecule has 2 fully saturated rings. The van der Waals surface area contributed by atoms with Crippen molar-refractivity contribution in [3.05, 3.63) is 18.0 Å². The Morgan fingerprint density at radius 2 is 2.00 bits per heavy atom. The van der Waals surface area contributed by atoms with Gasteiger partial charge in [0.1, 0.15) is 0 Å². The third-order valence-corrected chi connectivity index (χ3v) is 5.85. The van der Waals surface area contributed by atoms with E-state index >= 15 is 0 Å². The Morgan fingerprint density at radius 3 is 2.65 bits per heavy atom. The number of hydrogen-bond donors (Lipinski definition) is 1. The van der Waals surface area contributed by atoms with E-state index in [1.807, 2.05) is 18.0 Å². The minimum absolute atomic E-state index is 0.482. The smallest absolute Gasteiger partial charge is 0.0572 e. The van der Waals surface area contributed by atoms with Gasteiger partial charge in [-0.2, -0.15) is 5.10 Å². The molecule has 1 aliphatic heterocycles. The van der Waals surface area contributed by atoms with Gasteiger partial charge in [-0.25, -0.2) is 0 Å². The highest BCUT2D eigenvalue weighted by molar-refractivity contribution is 5.10. The molecule has 1 saturated carbocycles. The summed E-state index contributed by atoms with van der Waals surface area (Å²) in [7, 11) is 6.16. The first kappa shape index (κ1) is 16.9. The second kappa shape index (κ2) is 7.77. The van der Waals surface area contributed by atoms with Gasteiger partial charge in [0.15, 0.2) is 0 Å². The van der Waals surface area contributed by atoms with Crippen LogP contribution in [0.5, 0.6) is 0 Å². The first-order valence-electron chi connectivity index (χ1n) is 9.13. The number of nitrogens with one attached hydrogen (secondary N) is 1. The molecule has 130 valence electrons. The highest BCUT2D eigenvalue weighted by Gasteiger charge is 2.32. The van der Waals surface area contributed by atoms with Gasteiger partial charge in [-0.05, 0) is 64.1 Å². The van der Waals surface area contributed by atoms with E-state index in [0.717, 1.165) is 6.54 Å². The van der Waals surface area contributed by atoms with Crippen molar-refractivity contribution in [3.63, 3.8) is 0 Å². The van der Waals surface area contributed by atoms with E-state index in [1.54, 1.807) is 0 Å². The van der Waals surface area contributed by atoms with Crippen molar-refractivity contribution in [1.82, 2.24) is 20.0 Å². The molecule has 1 saturated heterocycles. The third-order valence-electron chi connectivity index (χ3n) is 5.85. The van der Waals surface area contributed by atoms with Crippen molar-refractivity contribution in [2.45, 2.75) is 56.7 Å². The molecule has 0 aromatic carbocycles. The predicted molar refractivity (Wildman–Crippen MR) is 92.4 cm³/mol. The van der Waals surface area contributed by atoms with Crippen LogP contribution in [0.2, 0.25) is 0 Å². The molecule has 2 atom stereocenters. The SMILES string of the molecule is COC1CCC(NC[C@@H]2CCCN(C)[C@H]2c2ccnn2C)CC1. The van der Waals surface area contributed by atoms with Crippen molar-refractivity contribution in [2.75, 3.05) is 27.2 Å². The lowest BCUT2D eigenvalue weighted by Gasteiger charge is -2.40. The molecule has 0 unspecified atom stereocenters. The Bertz CT molecular complexity index is 481. The number of methoxy groups -OCH3 is 1. The van der Waals surface area contributed by atoms with E-state index in [2.05, 4.69) is 35.5 Å². The lowest BCUT2D eigenvalue weighted by molar-refractivity contribution is 0.0593. The Labute approximate surface area is 140 Å². The van der Waals surface area contributed by atoms with E-state index in [0.29, 0.717) is 24.1 Å². The van der Waals surface area contributed by atoms with Crippen LogP contribution in [0.15, 0.2) is 12.3 Å². The van der Waals surface area contributed by atoms with Gasteiger partial charge in [0.2, 0.25) is 0 Å². The number of aryl methyl sites for hydroxylation is 1. The number of hydrogen-bond acceptors (Lipinski definition) is 4. The van der Waals surface area contributed by atoms with Crippen molar-refractivity contribution >= 4 is 0 Å². The van der Waals surface area contributed by atoms with Gasteiger partial charge in [0, 0.05) is 32.9 Å². The van der Waals surface area contributed by atoms with Crippen molar-refractivity contribution in [2.24, 2.45) is 13.0 Å². The van der Waals surface area contributed by atoms with Crippen LogP contribution < -0.4 is 5.32 Å². The summed E-state index contributed by atoms with van der Waals surface area (Å²) in [5.74, 6) is 0.671. The summed E-state index contributed by atoms with van der Waals surface area (Å²) < 4.78 is 7.53. The monoisotopic (exact) mass is 320 g/mol. The maximum atomic E-state index is 5.48. The summed E-state index contributed by atoms with van der Waals surface area (Å²) >= 11 is 0. The lowest BCUT2D eigenvalue weighted by atomic mass is 9.86. The quantitative estimate of drug-likeness (QED) is 0.904.